The molecule has 0 radical (unpaired) electrons. The van der Waals surface area contributed by atoms with Crippen molar-refractivity contribution in [3.05, 3.63) is 35.9 Å². The average molecular weight is 348 g/mol. The van der Waals surface area contributed by atoms with Crippen molar-refractivity contribution < 1.29 is 19.1 Å². The highest BCUT2D eigenvalue weighted by Gasteiger charge is 2.29. The van der Waals surface area contributed by atoms with Crippen LogP contribution >= 0.6 is 0 Å². The minimum absolute atomic E-state index is 0.235. The van der Waals surface area contributed by atoms with Gasteiger partial charge in [-0.25, -0.2) is 4.79 Å². The largest absolute Gasteiger partial charge is 0.469 e. The van der Waals surface area contributed by atoms with Crippen LogP contribution in [0.2, 0.25) is 0 Å². The molecule has 0 N–H and O–H groups in total. The summed E-state index contributed by atoms with van der Waals surface area (Å²) in [6.45, 7) is 8.78. The van der Waals surface area contributed by atoms with E-state index in [2.05, 4.69) is 4.90 Å². The van der Waals surface area contributed by atoms with Crippen molar-refractivity contribution in [1.82, 2.24) is 9.80 Å². The number of piperazine rings is 1. The van der Waals surface area contributed by atoms with Gasteiger partial charge >= 0.3 is 12.1 Å². The molecule has 0 spiro atoms. The topological polar surface area (TPSA) is 59.1 Å². The fourth-order valence-electron chi connectivity index (χ4n) is 2.84. The van der Waals surface area contributed by atoms with Crippen molar-refractivity contribution >= 4 is 12.1 Å². The van der Waals surface area contributed by atoms with Gasteiger partial charge in [-0.3, -0.25) is 9.69 Å². The van der Waals surface area contributed by atoms with Gasteiger partial charge in [0.1, 0.15) is 5.60 Å². The van der Waals surface area contributed by atoms with Gasteiger partial charge in [-0.15, -0.1) is 0 Å². The second kappa shape index (κ2) is 8.34. The molecule has 1 fully saturated rings. The van der Waals surface area contributed by atoms with Gasteiger partial charge in [-0.2, -0.15) is 0 Å². The van der Waals surface area contributed by atoms with E-state index >= 15 is 0 Å². The summed E-state index contributed by atoms with van der Waals surface area (Å²) in [5.74, 6) is -0.556. The third kappa shape index (κ3) is 5.74. The predicted octanol–water partition coefficient (Wildman–Crippen LogP) is 2.50. The van der Waals surface area contributed by atoms with E-state index in [4.69, 9.17) is 9.47 Å². The van der Waals surface area contributed by atoms with Gasteiger partial charge in [0.05, 0.1) is 13.0 Å². The number of rotatable bonds is 4. The van der Waals surface area contributed by atoms with Crippen molar-refractivity contribution in [3.8, 4) is 0 Å². The van der Waals surface area contributed by atoms with Gasteiger partial charge < -0.3 is 14.4 Å². The highest BCUT2D eigenvalue weighted by Crippen LogP contribution is 2.20. The number of amides is 1. The number of hydrogen-bond donors (Lipinski definition) is 0. The van der Waals surface area contributed by atoms with Gasteiger partial charge in [0, 0.05) is 32.7 Å². The maximum absolute atomic E-state index is 12.2. The minimum Gasteiger partial charge on any atom is -0.469 e. The second-order valence-electron chi connectivity index (χ2n) is 7.25. The Morgan fingerprint density at radius 3 is 2.20 bits per heavy atom. The van der Waals surface area contributed by atoms with Crippen LogP contribution in [0.4, 0.5) is 4.79 Å². The Balaban J connectivity index is 1.93. The molecule has 6 heteroatoms. The third-order valence-electron chi connectivity index (χ3n) is 4.15. The molecule has 1 unspecified atom stereocenters. The molecule has 6 nitrogen and oxygen atoms in total. The number of benzene rings is 1. The monoisotopic (exact) mass is 348 g/mol. The summed E-state index contributed by atoms with van der Waals surface area (Å²) in [6.07, 6.45) is -0.278. The summed E-state index contributed by atoms with van der Waals surface area (Å²) in [4.78, 5) is 28.2. The van der Waals surface area contributed by atoms with Crippen molar-refractivity contribution in [1.29, 1.82) is 0 Å². The summed E-state index contributed by atoms with van der Waals surface area (Å²) in [6, 6.07) is 9.66. The van der Waals surface area contributed by atoms with Crippen LogP contribution < -0.4 is 0 Å². The van der Waals surface area contributed by atoms with E-state index in [1.165, 1.54) is 7.11 Å². The summed E-state index contributed by atoms with van der Waals surface area (Å²) in [5, 5.41) is 0. The van der Waals surface area contributed by atoms with E-state index in [1.54, 1.807) is 4.90 Å². The Hall–Kier alpha value is -2.08. The van der Waals surface area contributed by atoms with E-state index in [1.807, 2.05) is 51.1 Å². The number of ether oxygens (including phenoxy) is 2. The number of esters is 1. The SMILES string of the molecule is COC(=O)C(CN1CCN(C(=O)OC(C)(C)C)CC1)c1ccccc1. The molecule has 1 aromatic rings. The van der Waals surface area contributed by atoms with Crippen LogP contribution in [-0.2, 0) is 14.3 Å². The van der Waals surface area contributed by atoms with Crippen molar-refractivity contribution in [2.75, 3.05) is 39.8 Å². The average Bonchev–Trinajstić information content (AvgIpc) is 2.59. The smallest absolute Gasteiger partial charge is 0.410 e. The molecule has 0 bridgehead atoms. The molecule has 1 atom stereocenters. The third-order valence-corrected chi connectivity index (χ3v) is 4.15. The first-order valence-electron chi connectivity index (χ1n) is 8.63. The van der Waals surface area contributed by atoms with Crippen molar-refractivity contribution in [2.24, 2.45) is 0 Å². The number of carbonyl (C=O) groups excluding carboxylic acids is 2. The maximum Gasteiger partial charge on any atom is 0.410 e. The fourth-order valence-corrected chi connectivity index (χ4v) is 2.84. The zero-order valence-corrected chi connectivity index (χ0v) is 15.5. The Labute approximate surface area is 149 Å². The van der Waals surface area contributed by atoms with Gasteiger partial charge in [0.2, 0.25) is 0 Å². The molecule has 138 valence electrons. The van der Waals surface area contributed by atoms with E-state index in [9.17, 15) is 9.59 Å². The van der Waals surface area contributed by atoms with Crippen LogP contribution in [0.15, 0.2) is 30.3 Å². The normalized spacial score (nSPS) is 17.0. The van der Waals surface area contributed by atoms with Crippen molar-refractivity contribution in [2.45, 2.75) is 32.3 Å². The molecule has 1 amide bonds. The molecule has 25 heavy (non-hydrogen) atoms. The van der Waals surface area contributed by atoms with E-state index in [-0.39, 0.29) is 18.0 Å². The lowest BCUT2D eigenvalue weighted by Gasteiger charge is -2.36. The lowest BCUT2D eigenvalue weighted by molar-refractivity contribution is -0.143. The van der Waals surface area contributed by atoms with E-state index in [0.29, 0.717) is 32.7 Å². The molecular formula is C19H28N2O4. The number of methoxy groups -OCH3 is 1. The zero-order chi connectivity index (χ0) is 18.4. The number of hydrogen-bond acceptors (Lipinski definition) is 5. The van der Waals surface area contributed by atoms with Crippen LogP contribution in [0.5, 0.6) is 0 Å². The molecule has 1 heterocycles. The molecule has 2 rings (SSSR count). The zero-order valence-electron chi connectivity index (χ0n) is 15.5. The Kier molecular flexibility index (Phi) is 6.42. The number of nitrogens with zero attached hydrogens (tertiary/aromatic N) is 2. The predicted molar refractivity (Wildman–Crippen MR) is 95.4 cm³/mol. The fraction of sp³-hybridized carbons (Fsp3) is 0.579. The minimum atomic E-state index is -0.489. The van der Waals surface area contributed by atoms with Gasteiger partial charge in [-0.1, -0.05) is 30.3 Å². The maximum atomic E-state index is 12.2. The molecule has 0 aliphatic carbocycles. The molecule has 1 aromatic carbocycles. The number of carbonyl (C=O) groups is 2. The summed E-state index contributed by atoms with van der Waals surface area (Å²) in [7, 11) is 1.42. The molecule has 1 aliphatic rings. The van der Waals surface area contributed by atoms with Crippen molar-refractivity contribution in [3.63, 3.8) is 0 Å². The molecule has 1 aliphatic heterocycles. The molecular weight excluding hydrogens is 320 g/mol. The second-order valence-corrected chi connectivity index (χ2v) is 7.25. The Morgan fingerprint density at radius 2 is 1.68 bits per heavy atom. The molecule has 0 aromatic heterocycles. The Bertz CT molecular complexity index is 575. The highest BCUT2D eigenvalue weighted by atomic mass is 16.6. The summed E-state index contributed by atoms with van der Waals surface area (Å²) >= 11 is 0. The standard InChI is InChI=1S/C19H28N2O4/c1-19(2,3)25-18(23)21-12-10-20(11-13-21)14-16(17(22)24-4)15-8-6-5-7-9-15/h5-9,16H,10-14H2,1-4H3. The lowest BCUT2D eigenvalue weighted by Crippen LogP contribution is -2.51. The first-order chi connectivity index (χ1) is 11.8. The highest BCUT2D eigenvalue weighted by molar-refractivity contribution is 5.78. The van der Waals surface area contributed by atoms with Crippen LogP contribution in [0.1, 0.15) is 32.3 Å². The van der Waals surface area contributed by atoms with Gasteiger partial charge in [-0.05, 0) is 26.3 Å². The quantitative estimate of drug-likeness (QED) is 0.783. The van der Waals surface area contributed by atoms with Gasteiger partial charge in [0.25, 0.3) is 0 Å². The van der Waals surface area contributed by atoms with Crippen LogP contribution in [0, 0.1) is 0 Å². The molecule has 0 saturated carbocycles. The van der Waals surface area contributed by atoms with Crippen LogP contribution in [0.25, 0.3) is 0 Å². The Morgan fingerprint density at radius 1 is 1.08 bits per heavy atom. The summed E-state index contributed by atoms with van der Waals surface area (Å²) < 4.78 is 10.4. The lowest BCUT2D eigenvalue weighted by atomic mass is 9.98. The molecule has 1 saturated heterocycles. The summed E-state index contributed by atoms with van der Waals surface area (Å²) in [5.41, 5.74) is 0.459. The van der Waals surface area contributed by atoms with Gasteiger partial charge in [0.15, 0.2) is 0 Å². The first-order valence-corrected chi connectivity index (χ1v) is 8.63. The van der Waals surface area contributed by atoms with Crippen LogP contribution in [0.3, 0.4) is 0 Å². The first kappa shape index (κ1) is 19.2. The van der Waals surface area contributed by atoms with E-state index < -0.39 is 5.60 Å². The van der Waals surface area contributed by atoms with Crippen LogP contribution in [-0.4, -0.2) is 67.3 Å². The van der Waals surface area contributed by atoms with E-state index in [0.717, 1.165) is 5.56 Å².